The van der Waals surface area contributed by atoms with Crippen LogP contribution in [0, 0.1) is 0 Å². The van der Waals surface area contributed by atoms with Crippen LogP contribution in [0.25, 0.3) is 10.8 Å². The highest BCUT2D eigenvalue weighted by atomic mass is 32.2. The number of hydroxylamine groups is 1. The lowest BCUT2D eigenvalue weighted by Crippen LogP contribution is -2.30. The van der Waals surface area contributed by atoms with Crippen LogP contribution in [-0.4, -0.2) is 36.4 Å². The number of phenolic OH excluding ortho intramolecular Hbond substituents is 1. The Balaban J connectivity index is 1.91. The molecule has 2 aromatic carbocycles. The van der Waals surface area contributed by atoms with E-state index in [0.29, 0.717) is 41.4 Å². The Morgan fingerprint density at radius 2 is 2.15 bits per heavy atom. The van der Waals surface area contributed by atoms with E-state index in [2.05, 4.69) is 5.48 Å². The summed E-state index contributed by atoms with van der Waals surface area (Å²) in [6.07, 6.45) is 2.25. The van der Waals surface area contributed by atoms with E-state index in [1.165, 1.54) is 0 Å². The van der Waals surface area contributed by atoms with Crippen molar-refractivity contribution >= 4 is 28.5 Å². The van der Waals surface area contributed by atoms with Crippen molar-refractivity contribution in [1.29, 1.82) is 0 Å². The Morgan fingerprint density at radius 3 is 2.92 bits per heavy atom. The zero-order valence-corrected chi connectivity index (χ0v) is 15.9. The van der Waals surface area contributed by atoms with E-state index in [1.807, 2.05) is 32.2 Å². The number of hydrogen-bond acceptors (Lipinski definition) is 7. The number of carbonyl (C=O) groups is 1. The summed E-state index contributed by atoms with van der Waals surface area (Å²) in [5.74, 6) is 1.57. The number of carbonyl (C=O) groups excluding carboxylic acids is 1. The predicted octanol–water partition coefficient (Wildman–Crippen LogP) is 3.35. The number of benzene rings is 2. The van der Waals surface area contributed by atoms with Crippen LogP contribution in [0.5, 0.6) is 17.2 Å². The van der Waals surface area contributed by atoms with Crippen LogP contribution in [0.2, 0.25) is 0 Å². The van der Waals surface area contributed by atoms with Gasteiger partial charge in [-0.1, -0.05) is 26.0 Å². The fourth-order valence-corrected chi connectivity index (χ4v) is 3.31. The minimum absolute atomic E-state index is 0.113. The maximum atomic E-state index is 12.0. The van der Waals surface area contributed by atoms with Crippen LogP contribution in [0.4, 0.5) is 0 Å². The van der Waals surface area contributed by atoms with Gasteiger partial charge < -0.3 is 14.6 Å². The quantitative estimate of drug-likeness (QED) is 0.252. The van der Waals surface area contributed by atoms with Crippen LogP contribution < -0.4 is 15.0 Å². The molecule has 7 heteroatoms. The summed E-state index contributed by atoms with van der Waals surface area (Å²) in [5, 5.41) is 11.8. The van der Waals surface area contributed by atoms with Crippen molar-refractivity contribution in [1.82, 2.24) is 5.48 Å². The first-order valence-electron chi connectivity index (χ1n) is 8.40. The summed E-state index contributed by atoms with van der Waals surface area (Å²) in [5.41, 5.74) is 3.22. The summed E-state index contributed by atoms with van der Waals surface area (Å²) in [7, 11) is 0. The molecule has 0 saturated carbocycles. The smallest absolute Gasteiger partial charge is 0.312 e. The second kappa shape index (κ2) is 7.73. The molecule has 0 bridgehead atoms. The summed E-state index contributed by atoms with van der Waals surface area (Å²) in [6, 6.07) is 7.10. The van der Waals surface area contributed by atoms with Crippen LogP contribution in [0.3, 0.4) is 0 Å². The maximum Gasteiger partial charge on any atom is 0.312 e. The number of thioether (sulfide) groups is 1. The first kappa shape index (κ1) is 18.8. The first-order valence-corrected chi connectivity index (χ1v) is 9.79. The zero-order valence-electron chi connectivity index (χ0n) is 15.1. The van der Waals surface area contributed by atoms with Crippen LogP contribution in [0.15, 0.2) is 24.3 Å². The lowest BCUT2D eigenvalue weighted by atomic mass is 9.78. The predicted molar refractivity (Wildman–Crippen MR) is 102 cm³/mol. The van der Waals surface area contributed by atoms with Gasteiger partial charge in [0.05, 0.1) is 17.7 Å². The molecular weight excluding hydrogens is 354 g/mol. The molecule has 1 aliphatic rings. The Kier molecular flexibility index (Phi) is 5.60. The summed E-state index contributed by atoms with van der Waals surface area (Å²) >= 11 is 1.62. The summed E-state index contributed by atoms with van der Waals surface area (Å²) in [6.45, 7) is 4.63. The second-order valence-corrected chi connectivity index (χ2v) is 7.63. The van der Waals surface area contributed by atoms with E-state index >= 15 is 0 Å². The monoisotopic (exact) mass is 377 g/mol. The van der Waals surface area contributed by atoms with Crippen molar-refractivity contribution in [2.75, 3.05) is 25.3 Å². The van der Waals surface area contributed by atoms with Crippen molar-refractivity contribution in [3.8, 4) is 17.2 Å². The second-order valence-electron chi connectivity index (χ2n) is 6.76. The van der Waals surface area contributed by atoms with Gasteiger partial charge in [-0.3, -0.25) is 9.63 Å². The van der Waals surface area contributed by atoms with Gasteiger partial charge in [0, 0.05) is 16.4 Å². The summed E-state index contributed by atoms with van der Waals surface area (Å²) < 4.78 is 11.3. The minimum atomic E-state index is -0.399. The van der Waals surface area contributed by atoms with Gasteiger partial charge in [-0.25, -0.2) is 0 Å². The average molecular weight is 377 g/mol. The molecule has 0 aliphatic carbocycles. The highest BCUT2D eigenvalue weighted by Crippen LogP contribution is 2.48. The largest absolute Gasteiger partial charge is 0.507 e. The maximum absolute atomic E-state index is 12.0. The molecular formula is C19H23NO5S. The standard InChI is InChI=1S/C19H23NO5S/c1-19(2)10-16(22)25-18-12-5-4-6-15(17(12)14(21)9-13(18)19)23-7-8-24-20-11-26-3/h4-6,9,20-21H,7-8,10-11H2,1-3H3. The van der Waals surface area contributed by atoms with Gasteiger partial charge in [0.1, 0.15) is 30.5 Å². The molecule has 1 heterocycles. The molecule has 0 saturated heterocycles. The van der Waals surface area contributed by atoms with E-state index in [1.54, 1.807) is 23.9 Å². The molecule has 1 aliphatic heterocycles. The molecule has 3 rings (SSSR count). The molecule has 140 valence electrons. The average Bonchev–Trinajstić information content (AvgIpc) is 2.58. The molecule has 2 aromatic rings. The Hall–Kier alpha value is -1.96. The molecule has 2 N–H and O–H groups in total. The van der Waals surface area contributed by atoms with Gasteiger partial charge in [-0.2, -0.15) is 5.48 Å². The third-order valence-electron chi connectivity index (χ3n) is 4.33. The minimum Gasteiger partial charge on any atom is -0.507 e. The first-order chi connectivity index (χ1) is 12.4. The molecule has 26 heavy (non-hydrogen) atoms. The van der Waals surface area contributed by atoms with E-state index in [9.17, 15) is 9.90 Å². The Bertz CT molecular complexity index is 821. The van der Waals surface area contributed by atoms with E-state index in [-0.39, 0.29) is 18.1 Å². The van der Waals surface area contributed by atoms with Crippen molar-refractivity contribution < 1.29 is 24.2 Å². The van der Waals surface area contributed by atoms with Crippen molar-refractivity contribution in [3.05, 3.63) is 29.8 Å². The third kappa shape index (κ3) is 3.75. The number of nitrogens with one attached hydrogen (secondary N) is 1. The molecule has 0 amide bonds. The number of fused-ring (bicyclic) bond motifs is 3. The summed E-state index contributed by atoms with van der Waals surface area (Å²) in [4.78, 5) is 17.3. The van der Waals surface area contributed by atoms with Crippen LogP contribution in [-0.2, 0) is 15.0 Å². The molecule has 0 radical (unpaired) electrons. The molecule has 0 fully saturated rings. The molecule has 6 nitrogen and oxygen atoms in total. The third-order valence-corrected chi connectivity index (χ3v) is 4.74. The lowest BCUT2D eigenvalue weighted by molar-refractivity contribution is -0.136. The number of phenols is 1. The normalized spacial score (nSPS) is 15.6. The molecule has 0 spiro atoms. The van der Waals surface area contributed by atoms with Crippen molar-refractivity contribution in [2.45, 2.75) is 25.7 Å². The highest BCUT2D eigenvalue weighted by molar-refractivity contribution is 7.98. The Labute approximate surface area is 156 Å². The van der Waals surface area contributed by atoms with Crippen LogP contribution in [0.1, 0.15) is 25.8 Å². The van der Waals surface area contributed by atoms with Gasteiger partial charge in [-0.05, 0) is 18.4 Å². The van der Waals surface area contributed by atoms with Gasteiger partial charge in [0.15, 0.2) is 0 Å². The van der Waals surface area contributed by atoms with Gasteiger partial charge in [-0.15, -0.1) is 11.8 Å². The topological polar surface area (TPSA) is 77.0 Å². The number of ether oxygens (including phenoxy) is 2. The van der Waals surface area contributed by atoms with Crippen molar-refractivity contribution in [3.63, 3.8) is 0 Å². The highest BCUT2D eigenvalue weighted by Gasteiger charge is 2.36. The molecule has 0 unspecified atom stereocenters. The zero-order chi connectivity index (χ0) is 18.7. The fraction of sp³-hybridized carbons (Fsp3) is 0.421. The number of hydrogen-bond donors (Lipinski definition) is 2. The number of aromatic hydroxyl groups is 1. The van der Waals surface area contributed by atoms with E-state index < -0.39 is 5.41 Å². The van der Waals surface area contributed by atoms with E-state index in [0.717, 1.165) is 5.56 Å². The van der Waals surface area contributed by atoms with Gasteiger partial charge in [0.25, 0.3) is 0 Å². The number of rotatable bonds is 7. The van der Waals surface area contributed by atoms with Crippen LogP contribution >= 0.6 is 11.8 Å². The molecule has 0 atom stereocenters. The van der Waals surface area contributed by atoms with Gasteiger partial charge >= 0.3 is 5.97 Å². The van der Waals surface area contributed by atoms with Gasteiger partial charge in [0.2, 0.25) is 0 Å². The lowest BCUT2D eigenvalue weighted by Gasteiger charge is -2.32. The SMILES string of the molecule is CSCNOCCOc1cccc2c3c(cc(O)c12)C(C)(C)CC(=O)O3. The Morgan fingerprint density at radius 1 is 1.35 bits per heavy atom. The van der Waals surface area contributed by atoms with E-state index in [4.69, 9.17) is 14.3 Å². The van der Waals surface area contributed by atoms with Crippen molar-refractivity contribution in [2.24, 2.45) is 0 Å². The molecule has 0 aromatic heterocycles. The fourth-order valence-electron chi connectivity index (χ4n) is 3.11. The number of esters is 1.